The Labute approximate surface area is 233 Å². The van der Waals surface area contributed by atoms with E-state index in [0.29, 0.717) is 25.3 Å². The van der Waals surface area contributed by atoms with E-state index in [1.807, 2.05) is 76.5 Å². The number of piperazine rings is 1. The molecule has 0 atom stereocenters. The zero-order valence-corrected chi connectivity index (χ0v) is 22.6. The number of nitrogens with zero attached hydrogens (tertiary/aromatic N) is 7. The lowest BCUT2D eigenvalue weighted by Gasteiger charge is -2.35. The second-order valence-corrected chi connectivity index (χ2v) is 10.3. The van der Waals surface area contributed by atoms with Crippen molar-refractivity contribution in [3.05, 3.63) is 72.6 Å². The van der Waals surface area contributed by atoms with Gasteiger partial charge in [-0.05, 0) is 48.7 Å². The zero-order valence-electron chi connectivity index (χ0n) is 22.6. The van der Waals surface area contributed by atoms with Gasteiger partial charge in [-0.25, -0.2) is 4.98 Å². The normalized spacial score (nSPS) is 15.7. The van der Waals surface area contributed by atoms with Gasteiger partial charge in [0.1, 0.15) is 5.82 Å². The quantitative estimate of drug-likeness (QED) is 0.327. The van der Waals surface area contributed by atoms with Gasteiger partial charge < -0.3 is 20.0 Å². The van der Waals surface area contributed by atoms with Gasteiger partial charge in [0.15, 0.2) is 11.6 Å². The van der Waals surface area contributed by atoms with E-state index in [0.717, 1.165) is 73.7 Å². The third-order valence-corrected chi connectivity index (χ3v) is 7.70. The molecule has 2 amide bonds. The van der Waals surface area contributed by atoms with Crippen LogP contribution in [-0.4, -0.2) is 82.3 Å². The second-order valence-electron chi connectivity index (χ2n) is 10.3. The summed E-state index contributed by atoms with van der Waals surface area (Å²) in [5.41, 5.74) is 1.93. The monoisotopic (exact) mass is 538 g/mol. The van der Waals surface area contributed by atoms with Gasteiger partial charge in [-0.15, -0.1) is 10.2 Å². The van der Waals surface area contributed by atoms with E-state index in [2.05, 4.69) is 30.3 Å². The van der Waals surface area contributed by atoms with E-state index >= 15 is 0 Å². The van der Waals surface area contributed by atoms with Crippen molar-refractivity contribution in [3.63, 3.8) is 0 Å². The number of nitrogens with one attached hydrogen (secondary N) is 1. The van der Waals surface area contributed by atoms with Gasteiger partial charge in [0.25, 0.3) is 0 Å². The maximum absolute atomic E-state index is 12.8. The van der Waals surface area contributed by atoms with E-state index in [1.165, 1.54) is 0 Å². The van der Waals surface area contributed by atoms with E-state index in [1.54, 1.807) is 0 Å². The highest BCUT2D eigenvalue weighted by Crippen LogP contribution is 2.25. The highest BCUT2D eigenvalue weighted by molar-refractivity contribution is 5.90. The fourth-order valence-electron chi connectivity index (χ4n) is 5.58. The predicted molar refractivity (Wildman–Crippen MR) is 155 cm³/mol. The number of pyridine rings is 1. The fraction of sp³-hybridized carbons (Fsp3) is 0.367. The predicted octanol–water partition coefficient (Wildman–Crippen LogP) is 2.81. The lowest BCUT2D eigenvalue weighted by atomic mass is 10.1. The first kappa shape index (κ1) is 25.8. The minimum atomic E-state index is -0.0260. The highest BCUT2D eigenvalue weighted by Gasteiger charge is 2.21. The van der Waals surface area contributed by atoms with Crippen molar-refractivity contribution in [2.24, 2.45) is 0 Å². The van der Waals surface area contributed by atoms with Crippen molar-refractivity contribution in [3.8, 4) is 5.82 Å². The number of benzene rings is 1. The molecule has 0 unspecified atom stereocenters. The Morgan fingerprint density at radius 2 is 1.60 bits per heavy atom. The molecule has 0 spiro atoms. The molecule has 2 fully saturated rings. The molecule has 0 aliphatic carbocycles. The van der Waals surface area contributed by atoms with Crippen LogP contribution in [0.15, 0.2) is 67.0 Å². The summed E-state index contributed by atoms with van der Waals surface area (Å²) in [5, 5.41) is 13.2. The Morgan fingerprint density at radius 1 is 0.850 bits per heavy atom. The fourth-order valence-corrected chi connectivity index (χ4v) is 5.58. The number of anilines is 2. The van der Waals surface area contributed by atoms with E-state index in [9.17, 15) is 9.59 Å². The largest absolute Gasteiger partial charge is 0.356 e. The van der Waals surface area contributed by atoms with Gasteiger partial charge in [-0.2, -0.15) is 0 Å². The topological polar surface area (TPSA) is 99.5 Å². The number of aromatic nitrogens is 4. The van der Waals surface area contributed by atoms with Crippen LogP contribution in [0.5, 0.6) is 0 Å². The average molecular weight is 539 g/mol. The van der Waals surface area contributed by atoms with Crippen LogP contribution in [0.4, 0.5) is 11.6 Å². The number of rotatable bonds is 9. The maximum atomic E-state index is 12.8. The molecule has 3 aromatic heterocycles. The molecule has 1 N–H and O–H groups in total. The first-order chi connectivity index (χ1) is 19.7. The molecule has 6 rings (SSSR count). The molecule has 1 aromatic carbocycles. The number of carbonyl (C=O) groups excluding carboxylic acids is 2. The average Bonchev–Trinajstić information content (AvgIpc) is 3.59. The Morgan fingerprint density at radius 3 is 2.33 bits per heavy atom. The van der Waals surface area contributed by atoms with Crippen molar-refractivity contribution >= 4 is 34.4 Å². The second kappa shape index (κ2) is 11.7. The van der Waals surface area contributed by atoms with Crippen molar-refractivity contribution in [2.45, 2.75) is 25.7 Å². The zero-order chi connectivity index (χ0) is 27.3. The molecule has 2 saturated heterocycles. The first-order valence-corrected chi connectivity index (χ1v) is 14.0. The maximum Gasteiger partial charge on any atom is 0.224 e. The minimum Gasteiger partial charge on any atom is -0.356 e. The van der Waals surface area contributed by atoms with E-state index in [-0.39, 0.29) is 18.2 Å². The molecule has 10 heteroatoms. The van der Waals surface area contributed by atoms with E-state index < -0.39 is 0 Å². The number of fused-ring (bicyclic) bond motifs is 1. The van der Waals surface area contributed by atoms with Gasteiger partial charge in [-0.1, -0.05) is 24.3 Å². The van der Waals surface area contributed by atoms with Gasteiger partial charge in [-0.3, -0.25) is 14.2 Å². The highest BCUT2D eigenvalue weighted by atomic mass is 16.2. The van der Waals surface area contributed by atoms with Crippen LogP contribution in [0.3, 0.4) is 0 Å². The molecule has 0 radical (unpaired) electrons. The van der Waals surface area contributed by atoms with Gasteiger partial charge in [0.05, 0.1) is 11.9 Å². The van der Waals surface area contributed by atoms with Crippen LogP contribution < -0.4 is 15.1 Å². The van der Waals surface area contributed by atoms with Crippen molar-refractivity contribution in [2.75, 3.05) is 55.6 Å². The number of para-hydroxylation sites is 1. The Hall–Kier alpha value is -4.47. The Kier molecular flexibility index (Phi) is 7.56. The number of carbonyl (C=O) groups is 2. The van der Waals surface area contributed by atoms with Crippen LogP contribution in [0.1, 0.15) is 24.8 Å². The smallest absolute Gasteiger partial charge is 0.224 e. The van der Waals surface area contributed by atoms with E-state index in [4.69, 9.17) is 0 Å². The number of hydrogen-bond acceptors (Lipinski definition) is 7. The number of hydrogen-bond donors (Lipinski definition) is 1. The van der Waals surface area contributed by atoms with Crippen LogP contribution in [-0.2, 0) is 16.0 Å². The summed E-state index contributed by atoms with van der Waals surface area (Å²) in [6, 6.07) is 18.1. The summed E-state index contributed by atoms with van der Waals surface area (Å²) in [6.45, 7) is 5.56. The molecule has 4 aromatic rings. The third kappa shape index (κ3) is 5.61. The standard InChI is InChI=1S/C30H34N8O2/c39-29(32-14-6-16-37-15-5-10-30(37)40)21-23-22-38(25-8-2-1-7-24(23)25)28-12-11-27(33-34-28)36-19-17-35(18-20-36)26-9-3-4-13-31-26/h1-4,7-9,11-13,22H,5-6,10,14-21H2,(H,32,39). The molecular weight excluding hydrogens is 504 g/mol. The van der Waals surface area contributed by atoms with Gasteiger partial charge in [0.2, 0.25) is 11.8 Å². The third-order valence-electron chi connectivity index (χ3n) is 7.70. The molecule has 5 heterocycles. The summed E-state index contributed by atoms with van der Waals surface area (Å²) < 4.78 is 2.01. The molecule has 2 aliphatic heterocycles. The van der Waals surface area contributed by atoms with Crippen LogP contribution in [0.2, 0.25) is 0 Å². The number of likely N-dealkylation sites (tertiary alicyclic amines) is 1. The van der Waals surface area contributed by atoms with Gasteiger partial charge in [0, 0.05) is 70.0 Å². The lowest BCUT2D eigenvalue weighted by molar-refractivity contribution is -0.127. The lowest BCUT2D eigenvalue weighted by Crippen LogP contribution is -2.47. The Bertz CT molecular complexity index is 1460. The summed E-state index contributed by atoms with van der Waals surface area (Å²) in [4.78, 5) is 35.4. The number of amides is 2. The molecule has 40 heavy (non-hydrogen) atoms. The SMILES string of the molecule is O=C(Cc1cn(-c2ccc(N3CCN(c4ccccn4)CC3)nn2)c2ccccc12)NCCCN1CCCC1=O. The molecular formula is C30H34N8O2. The summed E-state index contributed by atoms with van der Waals surface area (Å²) in [7, 11) is 0. The van der Waals surface area contributed by atoms with Crippen molar-refractivity contribution in [1.29, 1.82) is 0 Å². The minimum absolute atomic E-state index is 0.0260. The van der Waals surface area contributed by atoms with Crippen LogP contribution in [0.25, 0.3) is 16.7 Å². The van der Waals surface area contributed by atoms with Gasteiger partial charge >= 0.3 is 0 Å². The molecule has 10 nitrogen and oxygen atoms in total. The Balaban J connectivity index is 1.09. The van der Waals surface area contributed by atoms with Crippen molar-refractivity contribution < 1.29 is 9.59 Å². The van der Waals surface area contributed by atoms with Crippen molar-refractivity contribution in [1.82, 2.24) is 30.0 Å². The summed E-state index contributed by atoms with van der Waals surface area (Å²) in [6.07, 6.45) is 6.44. The molecule has 0 saturated carbocycles. The molecule has 0 bridgehead atoms. The molecule has 206 valence electrons. The van der Waals surface area contributed by atoms with Crippen LogP contribution >= 0.6 is 0 Å². The summed E-state index contributed by atoms with van der Waals surface area (Å²) in [5.74, 6) is 2.77. The van der Waals surface area contributed by atoms with Crippen LogP contribution in [0, 0.1) is 0 Å². The summed E-state index contributed by atoms with van der Waals surface area (Å²) >= 11 is 0. The first-order valence-electron chi connectivity index (χ1n) is 14.0. The molecule has 2 aliphatic rings.